The number of hydrogen-bond donors (Lipinski definition) is 0. The van der Waals surface area contributed by atoms with E-state index in [0.717, 1.165) is 50.7 Å². The Balaban J connectivity index is 1.27. The largest absolute Gasteiger partial charge is 0.462 e. The van der Waals surface area contributed by atoms with Crippen LogP contribution < -0.4 is 5.19 Å². The second-order valence-electron chi connectivity index (χ2n) is 13.5. The van der Waals surface area contributed by atoms with Gasteiger partial charge >= 0.3 is 5.97 Å². The van der Waals surface area contributed by atoms with Gasteiger partial charge in [0.2, 0.25) is 0 Å². The summed E-state index contributed by atoms with van der Waals surface area (Å²) < 4.78 is 16.6. The maximum atomic E-state index is 12.3. The topological polar surface area (TPSA) is 44.8 Å². The highest BCUT2D eigenvalue weighted by Gasteiger charge is 2.38. The van der Waals surface area contributed by atoms with Gasteiger partial charge in [-0.2, -0.15) is 0 Å². The van der Waals surface area contributed by atoms with Crippen molar-refractivity contribution in [1.82, 2.24) is 0 Å². The van der Waals surface area contributed by atoms with E-state index >= 15 is 0 Å². The Hall–Kier alpha value is -1.43. The van der Waals surface area contributed by atoms with Crippen LogP contribution in [-0.4, -0.2) is 47.1 Å². The van der Waals surface area contributed by atoms with Crippen molar-refractivity contribution < 1.29 is 19.0 Å². The molecule has 0 aromatic heterocycles. The van der Waals surface area contributed by atoms with Gasteiger partial charge in [-0.05, 0) is 55.9 Å². The fourth-order valence-electron chi connectivity index (χ4n) is 6.60. The highest BCUT2D eigenvalue weighted by atomic mass is 28.3. The first kappa shape index (κ1) is 33.1. The zero-order chi connectivity index (χ0) is 28.8. The van der Waals surface area contributed by atoms with Gasteiger partial charge in [-0.15, -0.1) is 0 Å². The number of esters is 1. The Morgan fingerprint density at radius 3 is 2.33 bits per heavy atom. The molecule has 226 valence electrons. The average Bonchev–Trinajstić information content (AvgIpc) is 2.94. The van der Waals surface area contributed by atoms with Crippen molar-refractivity contribution in [2.24, 2.45) is 11.3 Å². The molecule has 0 radical (unpaired) electrons. The fraction of sp³-hybridized carbons (Fsp3) is 0.743. The van der Waals surface area contributed by atoms with Crippen LogP contribution in [0.15, 0.2) is 36.4 Å². The quantitative estimate of drug-likeness (QED) is 0.0723. The summed E-state index contributed by atoms with van der Waals surface area (Å²) in [5.41, 5.74) is 2.10. The van der Waals surface area contributed by atoms with Crippen LogP contribution in [0.25, 0.3) is 0 Å². The molecule has 0 N–H and O–H groups in total. The molecule has 1 aromatic carbocycles. The predicted octanol–water partition coefficient (Wildman–Crippen LogP) is 8.56. The van der Waals surface area contributed by atoms with Crippen LogP contribution in [0.5, 0.6) is 0 Å². The molecule has 0 unspecified atom stereocenters. The molecule has 1 saturated heterocycles. The lowest BCUT2D eigenvalue weighted by Crippen LogP contribution is -2.46. The third-order valence-corrected chi connectivity index (χ3v) is 13.0. The summed E-state index contributed by atoms with van der Waals surface area (Å²) in [5.74, 6) is 1.41. The molecule has 1 aliphatic heterocycles. The van der Waals surface area contributed by atoms with Crippen molar-refractivity contribution in [2.45, 2.75) is 122 Å². The van der Waals surface area contributed by atoms with Crippen molar-refractivity contribution in [2.75, 3.05) is 33.0 Å². The van der Waals surface area contributed by atoms with E-state index in [1.54, 1.807) is 10.8 Å². The maximum absolute atomic E-state index is 12.3. The molecule has 0 atom stereocenters. The van der Waals surface area contributed by atoms with Crippen molar-refractivity contribution in [3.63, 3.8) is 0 Å². The second-order valence-corrected chi connectivity index (χ2v) is 18.4. The van der Waals surface area contributed by atoms with E-state index in [0.29, 0.717) is 18.8 Å². The van der Waals surface area contributed by atoms with Gasteiger partial charge in [0.05, 0.1) is 46.7 Å². The van der Waals surface area contributed by atoms with Crippen molar-refractivity contribution in [3.8, 4) is 0 Å². The molecule has 1 saturated carbocycles. The van der Waals surface area contributed by atoms with Crippen LogP contribution in [0, 0.1) is 11.3 Å². The van der Waals surface area contributed by atoms with Crippen molar-refractivity contribution >= 4 is 19.2 Å². The first-order valence-electron chi connectivity index (χ1n) is 16.4. The Labute approximate surface area is 246 Å². The van der Waals surface area contributed by atoms with Gasteiger partial charge < -0.3 is 14.2 Å². The Morgan fingerprint density at radius 2 is 1.70 bits per heavy atom. The Bertz CT molecular complexity index is 881. The van der Waals surface area contributed by atoms with E-state index in [1.807, 2.05) is 0 Å². The summed E-state index contributed by atoms with van der Waals surface area (Å²) in [5, 5.41) is 1.57. The fourth-order valence-corrected chi connectivity index (χ4v) is 9.09. The van der Waals surface area contributed by atoms with E-state index in [-0.39, 0.29) is 18.0 Å². The van der Waals surface area contributed by atoms with Crippen LogP contribution in [0.1, 0.15) is 109 Å². The van der Waals surface area contributed by atoms with Gasteiger partial charge in [0.1, 0.15) is 0 Å². The van der Waals surface area contributed by atoms with Gasteiger partial charge in [-0.25, -0.2) is 4.79 Å². The highest BCUT2D eigenvalue weighted by molar-refractivity contribution is 6.89. The summed E-state index contributed by atoms with van der Waals surface area (Å²) in [6, 6.07) is 11.0. The molecule has 40 heavy (non-hydrogen) atoms. The second kappa shape index (κ2) is 16.9. The SMILES string of the molecule is C=C(COCC1(CCC)COC1)C(=O)OCCCCC[Si](C)(C)c1ccc(C2CCC(CCCCC)CC2)cc1. The molecular weight excluding hydrogens is 512 g/mol. The zero-order valence-corrected chi connectivity index (χ0v) is 27.2. The monoisotopic (exact) mass is 570 g/mol. The normalized spacial score (nSPS) is 20.6. The number of benzene rings is 1. The van der Waals surface area contributed by atoms with Gasteiger partial charge in [0.25, 0.3) is 0 Å². The van der Waals surface area contributed by atoms with E-state index in [2.05, 4.69) is 57.8 Å². The van der Waals surface area contributed by atoms with Crippen LogP contribution in [0.2, 0.25) is 19.1 Å². The summed E-state index contributed by atoms with van der Waals surface area (Å²) in [7, 11) is -1.46. The average molecular weight is 571 g/mol. The van der Waals surface area contributed by atoms with E-state index in [4.69, 9.17) is 14.2 Å². The Morgan fingerprint density at radius 1 is 0.975 bits per heavy atom. The minimum atomic E-state index is -1.46. The van der Waals surface area contributed by atoms with Gasteiger partial charge in [-0.1, -0.05) is 114 Å². The number of hydrogen-bond acceptors (Lipinski definition) is 4. The van der Waals surface area contributed by atoms with Crippen LogP contribution in [0.3, 0.4) is 0 Å². The molecule has 4 nitrogen and oxygen atoms in total. The standard InChI is InChI=1S/C35H58O4Si/c1-6-8-10-13-30-14-16-31(17-15-30)32-18-20-33(21-19-32)40(4,5)24-12-9-11-23-39-34(36)29(3)25-37-26-35(22-7-2)27-38-28-35/h18-21,30-31H,3,6-17,22-28H2,1-2,4-5H3. The predicted molar refractivity (Wildman–Crippen MR) is 170 cm³/mol. The minimum absolute atomic E-state index is 0.130. The van der Waals surface area contributed by atoms with E-state index < -0.39 is 8.07 Å². The number of ether oxygens (including phenoxy) is 3. The van der Waals surface area contributed by atoms with Crippen LogP contribution >= 0.6 is 0 Å². The molecule has 1 aromatic rings. The van der Waals surface area contributed by atoms with Crippen molar-refractivity contribution in [1.29, 1.82) is 0 Å². The molecule has 1 heterocycles. The first-order valence-corrected chi connectivity index (χ1v) is 19.6. The number of carbonyl (C=O) groups is 1. The molecule has 0 amide bonds. The van der Waals surface area contributed by atoms with Gasteiger partial charge in [0.15, 0.2) is 0 Å². The van der Waals surface area contributed by atoms with Gasteiger partial charge in [-0.3, -0.25) is 0 Å². The summed E-state index contributed by atoms with van der Waals surface area (Å²) >= 11 is 0. The minimum Gasteiger partial charge on any atom is -0.462 e. The number of unbranched alkanes of at least 4 members (excludes halogenated alkanes) is 4. The summed E-state index contributed by atoms with van der Waals surface area (Å²) in [6.07, 6.45) is 16.6. The molecule has 0 spiro atoms. The third-order valence-electron chi connectivity index (χ3n) is 9.48. The molecule has 2 aliphatic rings. The lowest BCUT2D eigenvalue weighted by atomic mass is 9.77. The molecule has 3 rings (SSSR count). The molecule has 1 aliphatic carbocycles. The third kappa shape index (κ3) is 10.4. The van der Waals surface area contributed by atoms with Crippen LogP contribution in [0.4, 0.5) is 0 Å². The molecule has 2 fully saturated rings. The Kier molecular flexibility index (Phi) is 13.9. The first-order chi connectivity index (χ1) is 19.3. The molecular formula is C35H58O4Si. The van der Waals surface area contributed by atoms with E-state index in [9.17, 15) is 4.79 Å². The van der Waals surface area contributed by atoms with E-state index in [1.165, 1.54) is 63.8 Å². The number of carbonyl (C=O) groups excluding carboxylic acids is 1. The molecule has 5 heteroatoms. The molecule has 0 bridgehead atoms. The lowest BCUT2D eigenvalue weighted by molar-refractivity contribution is -0.153. The number of rotatable bonds is 19. The summed E-state index contributed by atoms with van der Waals surface area (Å²) in [4.78, 5) is 12.3. The van der Waals surface area contributed by atoms with Crippen molar-refractivity contribution in [3.05, 3.63) is 42.0 Å². The summed E-state index contributed by atoms with van der Waals surface area (Å²) in [6.45, 7) is 16.2. The van der Waals surface area contributed by atoms with Crippen LogP contribution in [-0.2, 0) is 19.0 Å². The highest BCUT2D eigenvalue weighted by Crippen LogP contribution is 2.37. The maximum Gasteiger partial charge on any atom is 0.335 e. The van der Waals surface area contributed by atoms with Gasteiger partial charge in [0, 0.05) is 5.41 Å². The lowest BCUT2D eigenvalue weighted by Gasteiger charge is -2.41. The zero-order valence-electron chi connectivity index (χ0n) is 26.2. The smallest absolute Gasteiger partial charge is 0.335 e.